The zero-order valence-electron chi connectivity index (χ0n) is 6.01. The summed E-state index contributed by atoms with van der Waals surface area (Å²) < 4.78 is 24.6. The first kappa shape index (κ1) is 10.1. The van der Waals surface area contributed by atoms with Crippen LogP contribution in [0.3, 0.4) is 0 Å². The number of hydrogen-bond acceptors (Lipinski definition) is 2. The molecule has 0 radical (unpaired) electrons. The number of aliphatic hydroxyl groups excluding tert-OH is 1. The fourth-order valence-electron chi connectivity index (χ4n) is 0.780. The molecule has 1 nitrogen and oxygen atoms in total. The predicted octanol–water partition coefficient (Wildman–Crippen LogP) is 2.68. The maximum absolute atomic E-state index is 11.9. The summed E-state index contributed by atoms with van der Waals surface area (Å²) in [4.78, 5) is 0. The van der Waals surface area contributed by atoms with Gasteiger partial charge in [0, 0.05) is 6.42 Å². The minimum Gasteiger partial charge on any atom is -0.387 e. The van der Waals surface area contributed by atoms with Gasteiger partial charge in [0.15, 0.2) is 0 Å². The van der Waals surface area contributed by atoms with Crippen LogP contribution in [0.1, 0.15) is 5.56 Å². The van der Waals surface area contributed by atoms with Gasteiger partial charge in [-0.05, 0) is 32.9 Å². The highest BCUT2D eigenvalue weighted by Gasteiger charge is 2.18. The van der Waals surface area contributed by atoms with Gasteiger partial charge in [0.25, 0.3) is 6.43 Å². The van der Waals surface area contributed by atoms with Gasteiger partial charge >= 0.3 is 0 Å². The van der Waals surface area contributed by atoms with Crippen molar-refractivity contribution in [2.24, 2.45) is 0 Å². The van der Waals surface area contributed by atoms with E-state index in [-0.39, 0.29) is 6.42 Å². The van der Waals surface area contributed by atoms with E-state index in [1.807, 2.05) is 0 Å². The molecule has 0 aliphatic rings. The maximum atomic E-state index is 11.9. The van der Waals surface area contributed by atoms with Gasteiger partial charge < -0.3 is 5.11 Å². The van der Waals surface area contributed by atoms with Gasteiger partial charge in [-0.25, -0.2) is 8.78 Å². The van der Waals surface area contributed by atoms with Crippen LogP contribution in [-0.2, 0) is 6.42 Å². The standard InChI is InChI=1S/C7H7BrF2OS/c8-6-4(1-2-12-6)3-5(11)7(9)10/h1-2,5,7,11H,3H2. The summed E-state index contributed by atoms with van der Waals surface area (Å²) in [6, 6.07) is 1.72. The Morgan fingerprint density at radius 1 is 1.58 bits per heavy atom. The van der Waals surface area contributed by atoms with E-state index in [0.717, 1.165) is 9.35 Å². The Morgan fingerprint density at radius 3 is 2.67 bits per heavy atom. The summed E-state index contributed by atoms with van der Waals surface area (Å²) in [6.07, 6.45) is -4.23. The van der Waals surface area contributed by atoms with Crippen molar-refractivity contribution in [1.29, 1.82) is 0 Å². The molecule has 68 valence electrons. The van der Waals surface area contributed by atoms with Crippen LogP contribution in [0.4, 0.5) is 8.78 Å². The highest BCUT2D eigenvalue weighted by Crippen LogP contribution is 2.25. The molecule has 5 heteroatoms. The lowest BCUT2D eigenvalue weighted by Crippen LogP contribution is -2.19. The molecule has 0 saturated carbocycles. The average Bonchev–Trinajstić information content (AvgIpc) is 2.36. The Hall–Kier alpha value is -0.000000000000000111. The van der Waals surface area contributed by atoms with Crippen LogP contribution in [0.5, 0.6) is 0 Å². The third-order valence-corrected chi connectivity index (χ3v) is 3.22. The molecule has 12 heavy (non-hydrogen) atoms. The van der Waals surface area contributed by atoms with E-state index in [1.165, 1.54) is 11.3 Å². The Morgan fingerprint density at radius 2 is 2.25 bits per heavy atom. The van der Waals surface area contributed by atoms with E-state index in [2.05, 4.69) is 15.9 Å². The average molecular weight is 257 g/mol. The highest BCUT2D eigenvalue weighted by atomic mass is 79.9. The topological polar surface area (TPSA) is 20.2 Å². The normalized spacial score (nSPS) is 13.8. The van der Waals surface area contributed by atoms with Crippen LogP contribution in [-0.4, -0.2) is 17.6 Å². The van der Waals surface area contributed by atoms with E-state index in [0.29, 0.717) is 0 Å². The zero-order valence-corrected chi connectivity index (χ0v) is 8.41. The minimum absolute atomic E-state index is 0.00174. The zero-order chi connectivity index (χ0) is 9.14. The van der Waals surface area contributed by atoms with Crippen molar-refractivity contribution in [1.82, 2.24) is 0 Å². The Bertz CT molecular complexity index is 251. The summed E-state index contributed by atoms with van der Waals surface area (Å²) in [6.45, 7) is 0. The summed E-state index contributed by atoms with van der Waals surface area (Å²) in [5, 5.41) is 10.6. The van der Waals surface area contributed by atoms with Crippen molar-refractivity contribution >= 4 is 27.3 Å². The molecule has 0 aromatic carbocycles. The molecule has 0 aliphatic carbocycles. The predicted molar refractivity (Wildman–Crippen MR) is 47.7 cm³/mol. The van der Waals surface area contributed by atoms with Crippen LogP contribution >= 0.6 is 27.3 Å². The number of halogens is 3. The third kappa shape index (κ3) is 2.50. The minimum atomic E-state index is -2.67. The number of hydrogen-bond donors (Lipinski definition) is 1. The highest BCUT2D eigenvalue weighted by molar-refractivity contribution is 9.11. The Balaban J connectivity index is 2.58. The third-order valence-electron chi connectivity index (χ3n) is 1.41. The van der Waals surface area contributed by atoms with E-state index in [9.17, 15) is 8.78 Å². The number of aliphatic hydroxyl groups is 1. The Kier molecular flexibility index (Phi) is 3.61. The smallest absolute Gasteiger partial charge is 0.264 e. The molecular formula is C7H7BrF2OS. The van der Waals surface area contributed by atoms with Gasteiger partial charge in [0.1, 0.15) is 6.10 Å². The second-order valence-corrected chi connectivity index (χ2v) is 4.56. The number of rotatable bonds is 3. The van der Waals surface area contributed by atoms with Crippen molar-refractivity contribution < 1.29 is 13.9 Å². The lowest BCUT2D eigenvalue weighted by atomic mass is 10.1. The van der Waals surface area contributed by atoms with Gasteiger partial charge in [-0.1, -0.05) is 0 Å². The molecule has 1 rings (SSSR count). The first-order valence-electron chi connectivity index (χ1n) is 3.29. The van der Waals surface area contributed by atoms with Gasteiger partial charge in [-0.3, -0.25) is 0 Å². The van der Waals surface area contributed by atoms with Crippen LogP contribution in [0, 0.1) is 0 Å². The number of alkyl halides is 2. The fourth-order valence-corrected chi connectivity index (χ4v) is 2.05. The number of thiophene rings is 1. The van der Waals surface area contributed by atoms with E-state index in [1.54, 1.807) is 11.4 Å². The molecular weight excluding hydrogens is 250 g/mol. The largest absolute Gasteiger partial charge is 0.387 e. The Labute approximate surface area is 81.2 Å². The molecule has 1 atom stereocenters. The maximum Gasteiger partial charge on any atom is 0.264 e. The summed E-state index contributed by atoms with van der Waals surface area (Å²) >= 11 is 4.63. The van der Waals surface area contributed by atoms with Gasteiger partial charge in [-0.2, -0.15) is 0 Å². The molecule has 0 fully saturated rings. The monoisotopic (exact) mass is 256 g/mol. The summed E-state index contributed by atoms with van der Waals surface area (Å²) in [7, 11) is 0. The molecule has 0 bridgehead atoms. The first-order valence-corrected chi connectivity index (χ1v) is 4.96. The summed E-state index contributed by atoms with van der Waals surface area (Å²) in [5.74, 6) is 0. The van der Waals surface area contributed by atoms with Crippen molar-refractivity contribution in [3.05, 3.63) is 20.8 Å². The van der Waals surface area contributed by atoms with Crippen molar-refractivity contribution in [3.8, 4) is 0 Å². The SMILES string of the molecule is OC(Cc1ccsc1Br)C(F)F. The van der Waals surface area contributed by atoms with Crippen molar-refractivity contribution in [3.63, 3.8) is 0 Å². The van der Waals surface area contributed by atoms with Crippen molar-refractivity contribution in [2.45, 2.75) is 19.0 Å². The van der Waals surface area contributed by atoms with Crippen LogP contribution in [0.15, 0.2) is 15.2 Å². The van der Waals surface area contributed by atoms with E-state index < -0.39 is 12.5 Å². The molecule has 1 heterocycles. The molecule has 0 saturated heterocycles. The lowest BCUT2D eigenvalue weighted by Gasteiger charge is -2.07. The quantitative estimate of drug-likeness (QED) is 0.882. The van der Waals surface area contributed by atoms with Gasteiger partial charge in [0.2, 0.25) is 0 Å². The van der Waals surface area contributed by atoms with Crippen LogP contribution in [0.2, 0.25) is 0 Å². The molecule has 1 aromatic heterocycles. The van der Waals surface area contributed by atoms with E-state index in [4.69, 9.17) is 5.11 Å². The van der Waals surface area contributed by atoms with Crippen LogP contribution < -0.4 is 0 Å². The van der Waals surface area contributed by atoms with Gasteiger partial charge in [0.05, 0.1) is 3.79 Å². The van der Waals surface area contributed by atoms with Gasteiger partial charge in [-0.15, -0.1) is 11.3 Å². The summed E-state index contributed by atoms with van der Waals surface area (Å²) in [5.41, 5.74) is 0.729. The first-order chi connectivity index (χ1) is 5.61. The fraction of sp³-hybridized carbons (Fsp3) is 0.429. The molecule has 1 unspecified atom stereocenters. The molecule has 0 aliphatic heterocycles. The molecule has 0 spiro atoms. The second-order valence-electron chi connectivity index (χ2n) is 2.33. The molecule has 0 amide bonds. The van der Waals surface area contributed by atoms with Crippen LogP contribution in [0.25, 0.3) is 0 Å². The van der Waals surface area contributed by atoms with Crippen molar-refractivity contribution in [2.75, 3.05) is 0 Å². The van der Waals surface area contributed by atoms with E-state index >= 15 is 0 Å². The molecule has 1 N–H and O–H groups in total. The molecule has 1 aromatic rings. The lowest BCUT2D eigenvalue weighted by molar-refractivity contribution is -0.00368. The second kappa shape index (κ2) is 4.30.